The minimum atomic E-state index is 0.794. The van der Waals surface area contributed by atoms with Gasteiger partial charge >= 0.3 is 0 Å². The summed E-state index contributed by atoms with van der Waals surface area (Å²) in [6.45, 7) is 7.93. The van der Waals surface area contributed by atoms with E-state index in [9.17, 15) is 0 Å². The Hall–Kier alpha value is -1.76. The van der Waals surface area contributed by atoms with Crippen molar-refractivity contribution in [2.45, 2.75) is 104 Å². The van der Waals surface area contributed by atoms with E-state index in [4.69, 9.17) is 0 Å². The van der Waals surface area contributed by atoms with Crippen molar-refractivity contribution >= 4 is 5.69 Å². The second kappa shape index (κ2) is 12.9. The van der Waals surface area contributed by atoms with Crippen LogP contribution in [0.15, 0.2) is 42.5 Å². The molecule has 31 heavy (non-hydrogen) atoms. The molecule has 0 bridgehead atoms. The van der Waals surface area contributed by atoms with Gasteiger partial charge < -0.3 is 5.32 Å². The van der Waals surface area contributed by atoms with Crippen LogP contribution in [0.25, 0.3) is 0 Å². The normalized spacial score (nSPS) is 18.8. The number of anilines is 1. The third kappa shape index (κ3) is 7.70. The Morgan fingerprint density at radius 2 is 1.55 bits per heavy atom. The number of unbranched alkanes of at least 4 members (excludes halogenated alkanes) is 3. The Kier molecular flexibility index (Phi) is 9.97. The molecule has 0 unspecified atom stereocenters. The van der Waals surface area contributed by atoms with Crippen LogP contribution in [0.5, 0.6) is 0 Å². The van der Waals surface area contributed by atoms with Gasteiger partial charge in [-0.15, -0.1) is 0 Å². The average molecular weight is 420 g/mol. The monoisotopic (exact) mass is 419 g/mol. The van der Waals surface area contributed by atoms with Gasteiger partial charge in [-0.25, -0.2) is 0 Å². The summed E-state index contributed by atoms with van der Waals surface area (Å²) in [5.41, 5.74) is 7.28. The molecule has 1 aliphatic carbocycles. The summed E-state index contributed by atoms with van der Waals surface area (Å²) in [5, 5.41) is 3.51. The third-order valence-corrected chi connectivity index (χ3v) is 7.40. The van der Waals surface area contributed by atoms with E-state index in [0.29, 0.717) is 0 Å². The lowest BCUT2D eigenvalue weighted by molar-refractivity contribution is 0.302. The van der Waals surface area contributed by atoms with Crippen LogP contribution in [0.4, 0.5) is 5.69 Å². The standard InChI is InChI=1S/C30H45N/c1-4-6-8-9-25-11-16-28(17-12-25)29-19-18-27(24(3)23-29)15-10-26-13-20-30(21-14-26)31-22-7-5-2/h13-14,18-21,23,25,28,31H,4-12,15-17,22H2,1-3H3. The van der Waals surface area contributed by atoms with E-state index < -0.39 is 0 Å². The number of aryl methyl sites for hydroxylation is 3. The molecule has 2 aromatic rings. The lowest BCUT2D eigenvalue weighted by atomic mass is 9.76. The Bertz CT molecular complexity index is 752. The van der Waals surface area contributed by atoms with E-state index in [2.05, 4.69) is 68.6 Å². The van der Waals surface area contributed by atoms with Crippen molar-refractivity contribution in [3.8, 4) is 0 Å². The summed E-state index contributed by atoms with van der Waals surface area (Å²) >= 11 is 0. The molecule has 1 saturated carbocycles. The van der Waals surface area contributed by atoms with Gasteiger partial charge in [0, 0.05) is 12.2 Å². The van der Waals surface area contributed by atoms with Gasteiger partial charge in [-0.1, -0.05) is 76.3 Å². The highest BCUT2D eigenvalue weighted by Crippen LogP contribution is 2.38. The lowest BCUT2D eigenvalue weighted by Crippen LogP contribution is -2.13. The van der Waals surface area contributed by atoms with Crippen molar-refractivity contribution < 1.29 is 0 Å². The second-order valence-corrected chi connectivity index (χ2v) is 9.88. The first-order chi connectivity index (χ1) is 15.2. The predicted octanol–water partition coefficient (Wildman–Crippen LogP) is 8.85. The SMILES string of the molecule is CCCCCC1CCC(c2ccc(CCc3ccc(NCCCC)cc3)c(C)c2)CC1. The molecule has 2 aromatic carbocycles. The molecule has 0 saturated heterocycles. The molecular formula is C30H45N. The van der Waals surface area contributed by atoms with E-state index in [1.165, 1.54) is 86.6 Å². The molecule has 1 nitrogen and oxygen atoms in total. The number of hydrogen-bond donors (Lipinski definition) is 1. The third-order valence-electron chi connectivity index (χ3n) is 7.40. The van der Waals surface area contributed by atoms with Crippen LogP contribution in [0.3, 0.4) is 0 Å². The topological polar surface area (TPSA) is 12.0 Å². The number of rotatable bonds is 12. The van der Waals surface area contributed by atoms with Crippen molar-refractivity contribution in [3.05, 3.63) is 64.7 Å². The molecular weight excluding hydrogens is 374 g/mol. The van der Waals surface area contributed by atoms with E-state index >= 15 is 0 Å². The van der Waals surface area contributed by atoms with Crippen LogP contribution in [0, 0.1) is 12.8 Å². The first kappa shape index (κ1) is 23.9. The van der Waals surface area contributed by atoms with Gasteiger partial charge in [-0.3, -0.25) is 0 Å². The maximum atomic E-state index is 3.51. The summed E-state index contributed by atoms with van der Waals surface area (Å²) in [5.74, 6) is 1.79. The zero-order chi connectivity index (χ0) is 21.9. The van der Waals surface area contributed by atoms with Crippen molar-refractivity contribution in [1.29, 1.82) is 0 Å². The van der Waals surface area contributed by atoms with Crippen molar-refractivity contribution in [1.82, 2.24) is 0 Å². The number of hydrogen-bond acceptors (Lipinski definition) is 1. The zero-order valence-electron chi connectivity index (χ0n) is 20.4. The summed E-state index contributed by atoms with van der Waals surface area (Å²) in [7, 11) is 0. The summed E-state index contributed by atoms with van der Waals surface area (Å²) in [6.07, 6.45) is 16.1. The molecule has 0 aromatic heterocycles. The fourth-order valence-electron chi connectivity index (χ4n) is 5.20. The fourth-order valence-corrected chi connectivity index (χ4v) is 5.20. The van der Waals surface area contributed by atoms with Gasteiger partial charge in [0.1, 0.15) is 0 Å². The van der Waals surface area contributed by atoms with Gasteiger partial charge in [0.2, 0.25) is 0 Å². The number of nitrogens with one attached hydrogen (secondary N) is 1. The van der Waals surface area contributed by atoms with E-state index in [1.54, 1.807) is 5.56 Å². The molecule has 1 N–H and O–H groups in total. The lowest BCUT2D eigenvalue weighted by Gasteiger charge is -2.29. The van der Waals surface area contributed by atoms with Crippen LogP contribution >= 0.6 is 0 Å². The zero-order valence-corrected chi connectivity index (χ0v) is 20.4. The molecule has 0 atom stereocenters. The van der Waals surface area contributed by atoms with Crippen LogP contribution in [-0.2, 0) is 12.8 Å². The first-order valence-corrected chi connectivity index (χ1v) is 13.1. The Balaban J connectivity index is 1.46. The summed E-state index contributed by atoms with van der Waals surface area (Å²) in [6, 6.07) is 16.4. The van der Waals surface area contributed by atoms with Gasteiger partial charge in [0.25, 0.3) is 0 Å². The highest BCUT2D eigenvalue weighted by atomic mass is 14.9. The Labute approximate surface area is 192 Å². The summed E-state index contributed by atoms with van der Waals surface area (Å²) in [4.78, 5) is 0. The van der Waals surface area contributed by atoms with Gasteiger partial charge in [-0.05, 0) is 98.1 Å². The Morgan fingerprint density at radius 3 is 2.23 bits per heavy atom. The smallest absolute Gasteiger partial charge is 0.0340 e. The molecule has 1 heteroatoms. The molecule has 1 fully saturated rings. The molecule has 0 heterocycles. The molecule has 0 radical (unpaired) electrons. The van der Waals surface area contributed by atoms with E-state index in [1.807, 2.05) is 0 Å². The van der Waals surface area contributed by atoms with Crippen LogP contribution in [0.2, 0.25) is 0 Å². The molecule has 0 spiro atoms. The number of benzene rings is 2. The van der Waals surface area contributed by atoms with E-state index in [0.717, 1.165) is 31.2 Å². The maximum Gasteiger partial charge on any atom is 0.0340 e. The largest absolute Gasteiger partial charge is 0.385 e. The van der Waals surface area contributed by atoms with Crippen molar-refractivity contribution in [3.63, 3.8) is 0 Å². The molecule has 0 aliphatic heterocycles. The second-order valence-electron chi connectivity index (χ2n) is 9.88. The maximum absolute atomic E-state index is 3.51. The van der Waals surface area contributed by atoms with Gasteiger partial charge in [-0.2, -0.15) is 0 Å². The van der Waals surface area contributed by atoms with Gasteiger partial charge in [0.15, 0.2) is 0 Å². The van der Waals surface area contributed by atoms with Crippen LogP contribution in [0.1, 0.15) is 106 Å². The fraction of sp³-hybridized carbons (Fsp3) is 0.600. The van der Waals surface area contributed by atoms with Crippen LogP contribution < -0.4 is 5.32 Å². The predicted molar refractivity (Wildman–Crippen MR) is 137 cm³/mol. The molecule has 0 amide bonds. The van der Waals surface area contributed by atoms with E-state index in [-0.39, 0.29) is 0 Å². The van der Waals surface area contributed by atoms with Gasteiger partial charge in [0.05, 0.1) is 0 Å². The minimum Gasteiger partial charge on any atom is -0.385 e. The Morgan fingerprint density at radius 1 is 0.806 bits per heavy atom. The molecule has 1 aliphatic rings. The summed E-state index contributed by atoms with van der Waals surface area (Å²) < 4.78 is 0. The molecule has 3 rings (SSSR count). The highest BCUT2D eigenvalue weighted by Gasteiger charge is 2.22. The average Bonchev–Trinajstić information content (AvgIpc) is 2.80. The van der Waals surface area contributed by atoms with Crippen LogP contribution in [-0.4, -0.2) is 6.54 Å². The quantitative estimate of drug-likeness (QED) is 0.339. The highest BCUT2D eigenvalue weighted by molar-refractivity contribution is 5.44. The minimum absolute atomic E-state index is 0.794. The molecule has 170 valence electrons. The van der Waals surface area contributed by atoms with Crippen molar-refractivity contribution in [2.24, 2.45) is 5.92 Å². The van der Waals surface area contributed by atoms with Crippen molar-refractivity contribution in [2.75, 3.05) is 11.9 Å². The first-order valence-electron chi connectivity index (χ1n) is 13.1.